The predicted molar refractivity (Wildman–Crippen MR) is 67.2 cm³/mol. The zero-order valence-corrected chi connectivity index (χ0v) is 10.5. The van der Waals surface area contributed by atoms with Gasteiger partial charge in [0.05, 0.1) is 7.11 Å². The lowest BCUT2D eigenvalue weighted by Gasteiger charge is -2.16. The molecule has 1 aliphatic rings. The number of methoxy groups -OCH3 is 1. The second-order valence-corrected chi connectivity index (χ2v) is 4.77. The Labute approximate surface area is 98.0 Å². The van der Waals surface area contributed by atoms with E-state index in [-0.39, 0.29) is 0 Å². The molecule has 0 saturated carbocycles. The Kier molecular flexibility index (Phi) is 3.49. The molecule has 88 valence electrons. The van der Waals surface area contributed by atoms with E-state index in [4.69, 9.17) is 4.74 Å². The summed E-state index contributed by atoms with van der Waals surface area (Å²) >= 11 is 0. The van der Waals surface area contributed by atoms with Crippen LogP contribution in [0.25, 0.3) is 0 Å². The molecule has 2 heteroatoms. The van der Waals surface area contributed by atoms with Gasteiger partial charge in [-0.1, -0.05) is 17.7 Å². The van der Waals surface area contributed by atoms with Crippen molar-refractivity contribution in [3.05, 3.63) is 28.8 Å². The third-order valence-corrected chi connectivity index (χ3v) is 3.33. The molecule has 1 aliphatic heterocycles. The Bertz CT molecular complexity index is 367. The highest BCUT2D eigenvalue weighted by Gasteiger charge is 2.17. The van der Waals surface area contributed by atoms with Crippen molar-refractivity contribution in [2.24, 2.45) is 0 Å². The fourth-order valence-electron chi connectivity index (χ4n) is 2.68. The fraction of sp³-hybridized carbons (Fsp3) is 0.571. The minimum atomic E-state index is 0.634. The maximum absolute atomic E-state index is 5.51. The number of aryl methyl sites for hydroxylation is 2. The van der Waals surface area contributed by atoms with Crippen molar-refractivity contribution < 1.29 is 4.74 Å². The number of rotatable bonds is 3. The van der Waals surface area contributed by atoms with Crippen LogP contribution >= 0.6 is 0 Å². The van der Waals surface area contributed by atoms with E-state index in [0.717, 1.165) is 18.7 Å². The molecule has 1 N–H and O–H groups in total. The molecule has 1 unspecified atom stereocenters. The van der Waals surface area contributed by atoms with Crippen LogP contribution in [0.3, 0.4) is 0 Å². The Morgan fingerprint density at radius 2 is 2.19 bits per heavy atom. The molecular weight excluding hydrogens is 198 g/mol. The monoisotopic (exact) mass is 219 g/mol. The second kappa shape index (κ2) is 4.88. The summed E-state index contributed by atoms with van der Waals surface area (Å²) in [6.07, 6.45) is 3.68. The van der Waals surface area contributed by atoms with E-state index in [1.165, 1.54) is 29.5 Å². The van der Waals surface area contributed by atoms with Crippen LogP contribution in [0.5, 0.6) is 5.75 Å². The lowest BCUT2D eigenvalue weighted by atomic mass is 9.99. The van der Waals surface area contributed by atoms with Crippen molar-refractivity contribution >= 4 is 0 Å². The Morgan fingerprint density at radius 1 is 1.38 bits per heavy atom. The number of hydrogen-bond donors (Lipinski definition) is 1. The third kappa shape index (κ3) is 2.38. The van der Waals surface area contributed by atoms with Gasteiger partial charge in [-0.3, -0.25) is 0 Å². The summed E-state index contributed by atoms with van der Waals surface area (Å²) in [6.45, 7) is 5.44. The second-order valence-electron chi connectivity index (χ2n) is 4.77. The normalized spacial score (nSPS) is 20.1. The van der Waals surface area contributed by atoms with Crippen molar-refractivity contribution in [3.8, 4) is 5.75 Å². The Balaban J connectivity index is 2.23. The van der Waals surface area contributed by atoms with Crippen LogP contribution in [0.1, 0.15) is 29.5 Å². The highest BCUT2D eigenvalue weighted by molar-refractivity contribution is 5.44. The minimum Gasteiger partial charge on any atom is -0.496 e. The van der Waals surface area contributed by atoms with E-state index in [2.05, 4.69) is 31.3 Å². The predicted octanol–water partition coefficient (Wildman–Crippen LogP) is 2.61. The number of nitrogens with one attached hydrogen (secondary N) is 1. The summed E-state index contributed by atoms with van der Waals surface area (Å²) in [7, 11) is 1.77. The smallest absolute Gasteiger partial charge is 0.125 e. The standard InChI is InChI=1S/C14H21NO/c1-10-7-11(2)14(16-3)12(8-10)9-13-5-4-6-15-13/h7-8,13,15H,4-6,9H2,1-3H3. The lowest BCUT2D eigenvalue weighted by molar-refractivity contribution is 0.403. The van der Waals surface area contributed by atoms with E-state index >= 15 is 0 Å². The van der Waals surface area contributed by atoms with Gasteiger partial charge in [-0.05, 0) is 50.8 Å². The summed E-state index contributed by atoms with van der Waals surface area (Å²) in [5.74, 6) is 1.07. The van der Waals surface area contributed by atoms with Gasteiger partial charge in [0.2, 0.25) is 0 Å². The van der Waals surface area contributed by atoms with Crippen molar-refractivity contribution in [2.75, 3.05) is 13.7 Å². The molecule has 2 nitrogen and oxygen atoms in total. The summed E-state index contributed by atoms with van der Waals surface area (Å²) in [4.78, 5) is 0. The summed E-state index contributed by atoms with van der Waals surface area (Å²) < 4.78 is 5.51. The van der Waals surface area contributed by atoms with E-state index in [1.807, 2.05) is 0 Å². The quantitative estimate of drug-likeness (QED) is 0.843. The average Bonchev–Trinajstić information content (AvgIpc) is 2.70. The molecule has 1 saturated heterocycles. The maximum atomic E-state index is 5.51. The number of ether oxygens (including phenoxy) is 1. The van der Waals surface area contributed by atoms with Crippen LogP contribution in [0.15, 0.2) is 12.1 Å². The van der Waals surface area contributed by atoms with Gasteiger partial charge < -0.3 is 10.1 Å². The van der Waals surface area contributed by atoms with Gasteiger partial charge in [-0.25, -0.2) is 0 Å². The Hall–Kier alpha value is -1.02. The molecule has 1 aromatic rings. The van der Waals surface area contributed by atoms with E-state index < -0.39 is 0 Å². The van der Waals surface area contributed by atoms with Gasteiger partial charge in [-0.2, -0.15) is 0 Å². The molecule has 0 spiro atoms. The van der Waals surface area contributed by atoms with Gasteiger partial charge in [0.15, 0.2) is 0 Å². The zero-order valence-electron chi connectivity index (χ0n) is 10.5. The van der Waals surface area contributed by atoms with Crippen LogP contribution in [0.4, 0.5) is 0 Å². The topological polar surface area (TPSA) is 21.3 Å². The molecule has 1 fully saturated rings. The number of benzene rings is 1. The first kappa shape index (κ1) is 11.5. The molecule has 0 radical (unpaired) electrons. The summed E-state index contributed by atoms with van der Waals surface area (Å²) in [5.41, 5.74) is 3.92. The van der Waals surface area contributed by atoms with Gasteiger partial charge in [0.25, 0.3) is 0 Å². The molecule has 1 aromatic carbocycles. The van der Waals surface area contributed by atoms with Crippen LogP contribution in [0, 0.1) is 13.8 Å². The molecule has 0 aromatic heterocycles. The fourth-order valence-corrected chi connectivity index (χ4v) is 2.68. The highest BCUT2D eigenvalue weighted by atomic mass is 16.5. The van der Waals surface area contributed by atoms with E-state index in [1.54, 1.807) is 7.11 Å². The molecule has 2 rings (SSSR count). The van der Waals surface area contributed by atoms with Gasteiger partial charge >= 0.3 is 0 Å². The maximum Gasteiger partial charge on any atom is 0.125 e. The largest absolute Gasteiger partial charge is 0.496 e. The lowest BCUT2D eigenvalue weighted by Crippen LogP contribution is -2.24. The molecule has 0 amide bonds. The van der Waals surface area contributed by atoms with E-state index in [9.17, 15) is 0 Å². The van der Waals surface area contributed by atoms with Gasteiger partial charge in [0.1, 0.15) is 5.75 Å². The Morgan fingerprint density at radius 3 is 2.81 bits per heavy atom. The van der Waals surface area contributed by atoms with Crippen molar-refractivity contribution in [3.63, 3.8) is 0 Å². The van der Waals surface area contributed by atoms with Gasteiger partial charge in [-0.15, -0.1) is 0 Å². The molecule has 1 atom stereocenters. The van der Waals surface area contributed by atoms with E-state index in [0.29, 0.717) is 6.04 Å². The van der Waals surface area contributed by atoms with Crippen LogP contribution < -0.4 is 10.1 Å². The molecular formula is C14H21NO. The first-order chi connectivity index (χ1) is 7.70. The first-order valence-electron chi connectivity index (χ1n) is 6.08. The van der Waals surface area contributed by atoms with Crippen molar-refractivity contribution in [1.29, 1.82) is 0 Å². The number of hydrogen-bond acceptors (Lipinski definition) is 2. The van der Waals surface area contributed by atoms with Crippen LogP contribution in [0.2, 0.25) is 0 Å². The highest BCUT2D eigenvalue weighted by Crippen LogP contribution is 2.27. The molecule has 16 heavy (non-hydrogen) atoms. The average molecular weight is 219 g/mol. The van der Waals surface area contributed by atoms with Crippen LogP contribution in [-0.4, -0.2) is 19.7 Å². The van der Waals surface area contributed by atoms with Crippen molar-refractivity contribution in [1.82, 2.24) is 5.32 Å². The third-order valence-electron chi connectivity index (χ3n) is 3.33. The SMILES string of the molecule is COc1c(C)cc(C)cc1CC1CCCN1. The molecule has 0 aliphatic carbocycles. The van der Waals surface area contributed by atoms with Crippen molar-refractivity contribution in [2.45, 2.75) is 39.2 Å². The first-order valence-corrected chi connectivity index (χ1v) is 6.08. The summed E-state index contributed by atoms with van der Waals surface area (Å²) in [5, 5.41) is 3.54. The minimum absolute atomic E-state index is 0.634. The molecule has 0 bridgehead atoms. The van der Waals surface area contributed by atoms with Gasteiger partial charge in [0, 0.05) is 6.04 Å². The van der Waals surface area contributed by atoms with Crippen LogP contribution in [-0.2, 0) is 6.42 Å². The summed E-state index contributed by atoms with van der Waals surface area (Å²) in [6, 6.07) is 5.08. The molecule has 1 heterocycles. The zero-order chi connectivity index (χ0) is 11.5.